The fourth-order valence-corrected chi connectivity index (χ4v) is 5.52. The van der Waals surface area contributed by atoms with E-state index in [2.05, 4.69) is 50.0 Å². The first-order valence-corrected chi connectivity index (χ1v) is 11.1. The van der Waals surface area contributed by atoms with Gasteiger partial charge in [-0.3, -0.25) is 9.69 Å². The number of carboxylic acids is 1. The lowest BCUT2D eigenvalue weighted by Gasteiger charge is -2.45. The van der Waals surface area contributed by atoms with Crippen LogP contribution in [0.15, 0.2) is 12.1 Å². The second-order valence-electron chi connectivity index (χ2n) is 9.95. The molecule has 1 aromatic carbocycles. The molecule has 1 fully saturated rings. The van der Waals surface area contributed by atoms with E-state index >= 15 is 0 Å². The molecule has 0 bridgehead atoms. The molecule has 1 saturated heterocycles. The monoisotopic (exact) mass is 418 g/mol. The maximum absolute atomic E-state index is 12.1. The molecule has 0 aliphatic carbocycles. The number of rotatable bonds is 8. The van der Waals surface area contributed by atoms with Crippen molar-refractivity contribution >= 4 is 5.97 Å². The largest absolute Gasteiger partial charge is 0.493 e. The third-order valence-electron chi connectivity index (χ3n) is 6.75. The molecule has 6 heteroatoms. The molecule has 2 N–H and O–H groups in total. The van der Waals surface area contributed by atoms with Crippen LogP contribution in [0.25, 0.3) is 0 Å². The van der Waals surface area contributed by atoms with Crippen LogP contribution in [-0.4, -0.2) is 55.4 Å². The number of carboxylic acid groups (broad SMARTS) is 1. The SMILES string of the molecule is COc1cc2c(cc1OC)[C@H]1CC(N[C@@H](C(=O)O)C(C)(C)CC(C)C)CCN1CC2. The van der Waals surface area contributed by atoms with Crippen LogP contribution < -0.4 is 14.8 Å². The lowest BCUT2D eigenvalue weighted by atomic mass is 9.76. The number of aliphatic carboxylic acids is 1. The zero-order valence-corrected chi connectivity index (χ0v) is 19.3. The molecule has 0 spiro atoms. The minimum absolute atomic E-state index is 0.179. The van der Waals surface area contributed by atoms with Crippen LogP contribution >= 0.6 is 0 Å². The summed E-state index contributed by atoms with van der Waals surface area (Å²) in [6.45, 7) is 10.5. The maximum atomic E-state index is 12.1. The maximum Gasteiger partial charge on any atom is 0.321 e. The third kappa shape index (κ3) is 4.75. The molecule has 168 valence electrons. The smallest absolute Gasteiger partial charge is 0.321 e. The zero-order chi connectivity index (χ0) is 22.1. The molecule has 2 aliphatic heterocycles. The van der Waals surface area contributed by atoms with Gasteiger partial charge in [0.25, 0.3) is 0 Å². The molecule has 0 saturated carbocycles. The topological polar surface area (TPSA) is 71.0 Å². The lowest BCUT2D eigenvalue weighted by Crippen LogP contribution is -2.55. The first-order chi connectivity index (χ1) is 14.2. The Morgan fingerprint density at radius 1 is 1.23 bits per heavy atom. The number of hydrogen-bond donors (Lipinski definition) is 2. The van der Waals surface area contributed by atoms with Crippen molar-refractivity contribution in [1.29, 1.82) is 0 Å². The van der Waals surface area contributed by atoms with Gasteiger partial charge in [-0.2, -0.15) is 0 Å². The molecular formula is C24H38N2O4. The van der Waals surface area contributed by atoms with E-state index in [9.17, 15) is 9.90 Å². The Morgan fingerprint density at radius 3 is 2.50 bits per heavy atom. The van der Waals surface area contributed by atoms with Gasteiger partial charge < -0.3 is 19.9 Å². The van der Waals surface area contributed by atoms with Crippen molar-refractivity contribution in [2.24, 2.45) is 11.3 Å². The normalized spacial score (nSPS) is 22.9. The standard InChI is InChI=1S/C24H38N2O4/c1-15(2)14-24(3,4)22(23(27)28)25-17-8-10-26-9-7-16-11-20(29-5)21(30-6)13-18(16)19(26)12-17/h11,13,15,17,19,22,25H,7-10,12,14H2,1-6H3,(H,27,28)/t17?,19-,22+/m1/s1. The molecule has 30 heavy (non-hydrogen) atoms. The van der Waals surface area contributed by atoms with Crippen molar-refractivity contribution in [3.05, 3.63) is 23.3 Å². The number of nitrogens with zero attached hydrogens (tertiary/aromatic N) is 1. The summed E-state index contributed by atoms with van der Waals surface area (Å²) < 4.78 is 11.0. The van der Waals surface area contributed by atoms with Crippen molar-refractivity contribution in [3.63, 3.8) is 0 Å². The van der Waals surface area contributed by atoms with Gasteiger partial charge in [-0.1, -0.05) is 27.7 Å². The Labute approximate surface area is 180 Å². The number of carbonyl (C=O) groups is 1. The molecule has 3 rings (SSSR count). The van der Waals surface area contributed by atoms with Crippen LogP contribution in [0.2, 0.25) is 0 Å². The summed E-state index contributed by atoms with van der Waals surface area (Å²) in [7, 11) is 3.34. The van der Waals surface area contributed by atoms with Gasteiger partial charge in [0, 0.05) is 25.2 Å². The van der Waals surface area contributed by atoms with Gasteiger partial charge in [0.05, 0.1) is 14.2 Å². The van der Waals surface area contributed by atoms with E-state index in [-0.39, 0.29) is 17.5 Å². The minimum Gasteiger partial charge on any atom is -0.493 e. The summed E-state index contributed by atoms with van der Waals surface area (Å²) >= 11 is 0. The second-order valence-corrected chi connectivity index (χ2v) is 9.95. The van der Waals surface area contributed by atoms with Crippen LogP contribution in [0.4, 0.5) is 0 Å². The first-order valence-electron chi connectivity index (χ1n) is 11.1. The van der Waals surface area contributed by atoms with E-state index in [0.29, 0.717) is 5.92 Å². The second kappa shape index (κ2) is 9.15. The summed E-state index contributed by atoms with van der Waals surface area (Å²) in [6.07, 6.45) is 3.76. The molecule has 1 unspecified atom stereocenters. The predicted molar refractivity (Wildman–Crippen MR) is 118 cm³/mol. The van der Waals surface area contributed by atoms with Crippen molar-refractivity contribution < 1.29 is 19.4 Å². The van der Waals surface area contributed by atoms with Gasteiger partial charge in [0.15, 0.2) is 11.5 Å². The summed E-state index contributed by atoms with van der Waals surface area (Å²) in [6, 6.07) is 4.13. The number of benzene rings is 1. The van der Waals surface area contributed by atoms with Gasteiger partial charge >= 0.3 is 5.97 Å². The van der Waals surface area contributed by atoms with Gasteiger partial charge in [0.1, 0.15) is 6.04 Å². The van der Waals surface area contributed by atoms with Crippen LogP contribution in [0.3, 0.4) is 0 Å². The van der Waals surface area contributed by atoms with Crippen LogP contribution in [-0.2, 0) is 11.2 Å². The van der Waals surface area contributed by atoms with E-state index < -0.39 is 12.0 Å². The van der Waals surface area contributed by atoms with E-state index in [1.807, 2.05) is 0 Å². The molecule has 6 nitrogen and oxygen atoms in total. The summed E-state index contributed by atoms with van der Waals surface area (Å²) in [5, 5.41) is 13.5. The van der Waals surface area contributed by atoms with Crippen LogP contribution in [0, 0.1) is 11.3 Å². The zero-order valence-electron chi connectivity index (χ0n) is 19.3. The highest BCUT2D eigenvalue weighted by Gasteiger charge is 2.40. The highest BCUT2D eigenvalue weighted by atomic mass is 16.5. The van der Waals surface area contributed by atoms with Crippen molar-refractivity contribution in [1.82, 2.24) is 10.2 Å². The molecule has 0 aromatic heterocycles. The first kappa shape index (κ1) is 22.9. The number of ether oxygens (including phenoxy) is 2. The van der Waals surface area contributed by atoms with Gasteiger partial charge in [-0.25, -0.2) is 0 Å². The highest BCUT2D eigenvalue weighted by molar-refractivity contribution is 5.74. The number of nitrogens with one attached hydrogen (secondary N) is 1. The fraction of sp³-hybridized carbons (Fsp3) is 0.708. The average Bonchev–Trinajstić information content (AvgIpc) is 2.69. The van der Waals surface area contributed by atoms with Gasteiger partial charge in [0.2, 0.25) is 0 Å². The van der Waals surface area contributed by atoms with E-state index in [1.54, 1.807) is 14.2 Å². The van der Waals surface area contributed by atoms with Crippen molar-refractivity contribution in [2.75, 3.05) is 27.3 Å². The summed E-state index contributed by atoms with van der Waals surface area (Å²) in [4.78, 5) is 14.7. The Hall–Kier alpha value is -1.79. The molecule has 0 amide bonds. The number of methoxy groups -OCH3 is 2. The van der Waals surface area contributed by atoms with Gasteiger partial charge in [-0.05, 0) is 60.3 Å². The highest BCUT2D eigenvalue weighted by Crippen LogP contribution is 2.42. The third-order valence-corrected chi connectivity index (χ3v) is 6.75. The molecule has 3 atom stereocenters. The summed E-state index contributed by atoms with van der Waals surface area (Å²) in [5.74, 6) is 1.24. The molecule has 2 heterocycles. The van der Waals surface area contributed by atoms with E-state index in [1.165, 1.54) is 11.1 Å². The minimum atomic E-state index is -0.751. The van der Waals surface area contributed by atoms with E-state index in [0.717, 1.165) is 50.3 Å². The summed E-state index contributed by atoms with van der Waals surface area (Å²) in [5.41, 5.74) is 2.29. The predicted octanol–water partition coefficient (Wildman–Crippen LogP) is 3.88. The van der Waals surface area contributed by atoms with Crippen LogP contribution in [0.5, 0.6) is 11.5 Å². The molecule has 1 aromatic rings. The van der Waals surface area contributed by atoms with Crippen LogP contribution in [0.1, 0.15) is 64.1 Å². The number of piperidine rings is 1. The Kier molecular flexibility index (Phi) is 6.98. The van der Waals surface area contributed by atoms with Gasteiger partial charge in [-0.15, -0.1) is 0 Å². The molecule has 0 radical (unpaired) electrons. The molecule has 2 aliphatic rings. The average molecular weight is 419 g/mol. The Balaban J connectivity index is 1.81. The Morgan fingerprint density at radius 2 is 1.90 bits per heavy atom. The van der Waals surface area contributed by atoms with Crippen molar-refractivity contribution in [3.8, 4) is 11.5 Å². The Bertz CT molecular complexity index is 762. The fourth-order valence-electron chi connectivity index (χ4n) is 5.52. The molecular weight excluding hydrogens is 380 g/mol. The van der Waals surface area contributed by atoms with E-state index in [4.69, 9.17) is 9.47 Å². The lowest BCUT2D eigenvalue weighted by molar-refractivity contribution is -0.143. The van der Waals surface area contributed by atoms with Crippen molar-refractivity contribution in [2.45, 2.75) is 71.5 Å². The quantitative estimate of drug-likeness (QED) is 0.668. The number of hydrogen-bond acceptors (Lipinski definition) is 5. The number of fused-ring (bicyclic) bond motifs is 3.